The Kier molecular flexibility index (Phi) is 4.07. The fourth-order valence-electron chi connectivity index (χ4n) is 2.60. The summed E-state index contributed by atoms with van der Waals surface area (Å²) in [5.41, 5.74) is 2.33. The van der Waals surface area contributed by atoms with E-state index in [1.54, 1.807) is 4.31 Å². The Labute approximate surface area is 110 Å². The van der Waals surface area contributed by atoms with Gasteiger partial charge in [0.2, 0.25) is 10.0 Å². The molecule has 0 spiro atoms. The van der Waals surface area contributed by atoms with Gasteiger partial charge in [-0.25, -0.2) is 8.42 Å². The average molecular weight is 267 g/mol. The van der Waals surface area contributed by atoms with Gasteiger partial charge in [0.05, 0.1) is 6.26 Å². The Bertz CT molecular complexity index is 493. The summed E-state index contributed by atoms with van der Waals surface area (Å²) in [6.07, 6.45) is 5.43. The molecule has 100 valence electrons. The molecule has 3 nitrogen and oxygen atoms in total. The van der Waals surface area contributed by atoms with E-state index in [9.17, 15) is 8.42 Å². The zero-order chi connectivity index (χ0) is 13.2. The predicted molar refractivity (Wildman–Crippen MR) is 73.9 cm³/mol. The molecule has 0 N–H and O–H groups in total. The third kappa shape index (κ3) is 3.12. The Morgan fingerprint density at radius 3 is 2.39 bits per heavy atom. The second-order valence-corrected chi connectivity index (χ2v) is 7.08. The highest BCUT2D eigenvalue weighted by Crippen LogP contribution is 2.31. The molecule has 0 aromatic heterocycles. The molecule has 1 aromatic carbocycles. The largest absolute Gasteiger partial charge is 0.212 e. The van der Waals surface area contributed by atoms with Crippen LogP contribution in [0.1, 0.15) is 42.9 Å². The Morgan fingerprint density at radius 2 is 1.78 bits per heavy atom. The number of benzene rings is 1. The van der Waals surface area contributed by atoms with Crippen LogP contribution in [0.3, 0.4) is 0 Å². The lowest BCUT2D eigenvalue weighted by Gasteiger charge is -2.28. The quantitative estimate of drug-likeness (QED) is 0.826. The van der Waals surface area contributed by atoms with Crippen molar-refractivity contribution in [1.82, 2.24) is 4.31 Å². The zero-order valence-corrected chi connectivity index (χ0v) is 11.9. The average Bonchev–Trinajstić information content (AvgIpc) is 2.54. The highest BCUT2D eigenvalue weighted by molar-refractivity contribution is 7.88. The number of hydrogen-bond acceptors (Lipinski definition) is 2. The van der Waals surface area contributed by atoms with E-state index in [1.807, 2.05) is 6.92 Å². The smallest absolute Gasteiger partial charge is 0.211 e. The minimum absolute atomic E-state index is 0.0168. The molecule has 1 saturated heterocycles. The van der Waals surface area contributed by atoms with Crippen molar-refractivity contribution in [2.24, 2.45) is 0 Å². The first-order chi connectivity index (χ1) is 8.48. The van der Waals surface area contributed by atoms with Crippen LogP contribution >= 0.6 is 0 Å². The molecular formula is C14H21NO2S. The van der Waals surface area contributed by atoms with Crippen molar-refractivity contribution in [3.63, 3.8) is 0 Å². The first-order valence-electron chi connectivity index (χ1n) is 6.52. The lowest BCUT2D eigenvalue weighted by atomic mass is 10.0. The fourth-order valence-corrected chi connectivity index (χ4v) is 3.75. The van der Waals surface area contributed by atoms with Crippen molar-refractivity contribution >= 4 is 10.0 Å². The normalized spacial score (nSPS) is 22.7. The summed E-state index contributed by atoms with van der Waals surface area (Å²) in [4.78, 5) is 0. The highest BCUT2D eigenvalue weighted by Gasteiger charge is 2.28. The van der Waals surface area contributed by atoms with Gasteiger partial charge >= 0.3 is 0 Å². The van der Waals surface area contributed by atoms with Crippen LogP contribution in [0, 0.1) is 6.92 Å². The van der Waals surface area contributed by atoms with E-state index in [0.717, 1.165) is 31.2 Å². The molecule has 0 amide bonds. The number of nitrogens with zero attached hydrogens (tertiary/aromatic N) is 1. The minimum Gasteiger partial charge on any atom is -0.212 e. The van der Waals surface area contributed by atoms with Crippen molar-refractivity contribution in [1.29, 1.82) is 0 Å². The molecule has 1 unspecified atom stereocenters. The Morgan fingerprint density at radius 1 is 1.11 bits per heavy atom. The molecule has 4 heteroatoms. The van der Waals surface area contributed by atoms with Gasteiger partial charge in [0, 0.05) is 12.6 Å². The second-order valence-electron chi connectivity index (χ2n) is 5.15. The van der Waals surface area contributed by atoms with Crippen LogP contribution in [0.4, 0.5) is 0 Å². The van der Waals surface area contributed by atoms with E-state index in [0.29, 0.717) is 6.54 Å². The fraction of sp³-hybridized carbons (Fsp3) is 0.571. The molecule has 1 atom stereocenters. The Balaban J connectivity index is 2.34. The van der Waals surface area contributed by atoms with Gasteiger partial charge in [-0.05, 0) is 25.3 Å². The van der Waals surface area contributed by atoms with Gasteiger partial charge in [0.25, 0.3) is 0 Å². The second kappa shape index (κ2) is 5.41. The summed E-state index contributed by atoms with van der Waals surface area (Å²) >= 11 is 0. The highest BCUT2D eigenvalue weighted by atomic mass is 32.2. The third-order valence-electron chi connectivity index (χ3n) is 3.59. The van der Waals surface area contributed by atoms with Crippen molar-refractivity contribution in [3.05, 3.63) is 35.4 Å². The number of hydrogen-bond donors (Lipinski definition) is 0. The molecule has 0 saturated carbocycles. The molecule has 0 bridgehead atoms. The van der Waals surface area contributed by atoms with E-state index < -0.39 is 10.0 Å². The van der Waals surface area contributed by atoms with E-state index in [-0.39, 0.29) is 6.04 Å². The molecule has 2 rings (SSSR count). The van der Waals surface area contributed by atoms with Crippen LogP contribution in [0.5, 0.6) is 0 Å². The van der Waals surface area contributed by atoms with E-state index in [4.69, 9.17) is 0 Å². The zero-order valence-electron chi connectivity index (χ0n) is 11.1. The van der Waals surface area contributed by atoms with Gasteiger partial charge in [0.1, 0.15) is 0 Å². The summed E-state index contributed by atoms with van der Waals surface area (Å²) in [5, 5.41) is 0. The number of rotatable bonds is 2. The minimum atomic E-state index is -3.12. The van der Waals surface area contributed by atoms with Crippen LogP contribution in [0.25, 0.3) is 0 Å². The molecule has 1 aliphatic heterocycles. The van der Waals surface area contributed by atoms with Gasteiger partial charge in [-0.1, -0.05) is 42.7 Å². The number of aryl methyl sites for hydroxylation is 1. The molecule has 1 heterocycles. The molecule has 18 heavy (non-hydrogen) atoms. The molecule has 0 radical (unpaired) electrons. The molecule has 1 fully saturated rings. The monoisotopic (exact) mass is 267 g/mol. The van der Waals surface area contributed by atoms with Crippen molar-refractivity contribution in [2.75, 3.05) is 12.8 Å². The van der Waals surface area contributed by atoms with Crippen molar-refractivity contribution in [2.45, 2.75) is 38.6 Å². The standard InChI is InChI=1S/C14H21NO2S/c1-12-7-9-13(10-8-12)14-6-4-3-5-11-15(14)18(2,16)17/h7-10,14H,3-6,11H2,1-2H3. The number of sulfonamides is 1. The maximum Gasteiger partial charge on any atom is 0.211 e. The summed E-state index contributed by atoms with van der Waals surface area (Å²) in [6.45, 7) is 2.70. The van der Waals surface area contributed by atoms with E-state index in [2.05, 4.69) is 24.3 Å². The van der Waals surface area contributed by atoms with Crippen molar-refractivity contribution in [3.8, 4) is 0 Å². The van der Waals surface area contributed by atoms with Crippen LogP contribution in [0.2, 0.25) is 0 Å². The van der Waals surface area contributed by atoms with E-state index in [1.165, 1.54) is 11.8 Å². The predicted octanol–water partition coefficient (Wildman–Crippen LogP) is 2.87. The van der Waals surface area contributed by atoms with Crippen LogP contribution in [-0.4, -0.2) is 25.5 Å². The maximum absolute atomic E-state index is 11.9. The van der Waals surface area contributed by atoms with Gasteiger partial charge in [-0.3, -0.25) is 0 Å². The SMILES string of the molecule is Cc1ccc(C2CCCCCN2S(C)(=O)=O)cc1. The van der Waals surface area contributed by atoms with Crippen molar-refractivity contribution < 1.29 is 8.42 Å². The van der Waals surface area contributed by atoms with Crippen LogP contribution in [0.15, 0.2) is 24.3 Å². The first-order valence-corrected chi connectivity index (χ1v) is 8.37. The summed E-state index contributed by atoms with van der Waals surface area (Å²) in [7, 11) is -3.12. The molecule has 1 aromatic rings. The van der Waals surface area contributed by atoms with Gasteiger partial charge in [-0.15, -0.1) is 0 Å². The third-order valence-corrected chi connectivity index (χ3v) is 4.88. The molecular weight excluding hydrogens is 246 g/mol. The maximum atomic E-state index is 11.9. The van der Waals surface area contributed by atoms with Crippen LogP contribution < -0.4 is 0 Å². The summed E-state index contributed by atoms with van der Waals surface area (Å²) in [6, 6.07) is 8.25. The Hall–Kier alpha value is -0.870. The van der Waals surface area contributed by atoms with Gasteiger partial charge in [0.15, 0.2) is 0 Å². The summed E-state index contributed by atoms with van der Waals surface area (Å²) in [5.74, 6) is 0. The lowest BCUT2D eigenvalue weighted by Crippen LogP contribution is -2.33. The lowest BCUT2D eigenvalue weighted by molar-refractivity contribution is 0.331. The first kappa shape index (κ1) is 13.6. The van der Waals surface area contributed by atoms with Gasteiger partial charge in [-0.2, -0.15) is 4.31 Å². The topological polar surface area (TPSA) is 37.4 Å². The summed E-state index contributed by atoms with van der Waals surface area (Å²) < 4.78 is 25.5. The molecule has 1 aliphatic rings. The van der Waals surface area contributed by atoms with Gasteiger partial charge < -0.3 is 0 Å². The van der Waals surface area contributed by atoms with E-state index >= 15 is 0 Å². The molecule has 0 aliphatic carbocycles. The van der Waals surface area contributed by atoms with Crippen LogP contribution in [-0.2, 0) is 10.0 Å².